The minimum atomic E-state index is 0.514. The SMILES string of the molecule is CCNC(=NCc1ccco1)NCCc1ccc(OCC)c(OCC)c1. The number of nitrogens with zero attached hydrogens (tertiary/aromatic N) is 1. The molecule has 1 aromatic heterocycles. The first-order valence-electron chi connectivity index (χ1n) is 9.19. The third-order valence-electron chi connectivity index (χ3n) is 3.63. The first-order valence-corrected chi connectivity index (χ1v) is 9.19. The van der Waals surface area contributed by atoms with Crippen LogP contribution in [0, 0.1) is 0 Å². The molecule has 0 atom stereocenters. The number of hydrogen-bond donors (Lipinski definition) is 2. The Bertz CT molecular complexity index is 669. The van der Waals surface area contributed by atoms with Gasteiger partial charge in [0.15, 0.2) is 17.5 Å². The zero-order chi connectivity index (χ0) is 18.6. The van der Waals surface area contributed by atoms with Crippen molar-refractivity contribution in [2.24, 2.45) is 4.99 Å². The smallest absolute Gasteiger partial charge is 0.191 e. The second kappa shape index (κ2) is 11.1. The van der Waals surface area contributed by atoms with Crippen LogP contribution in [-0.4, -0.2) is 32.3 Å². The summed E-state index contributed by atoms with van der Waals surface area (Å²) in [5.41, 5.74) is 1.19. The van der Waals surface area contributed by atoms with E-state index in [9.17, 15) is 0 Å². The molecule has 0 radical (unpaired) electrons. The largest absolute Gasteiger partial charge is 0.490 e. The molecule has 0 aliphatic rings. The van der Waals surface area contributed by atoms with E-state index < -0.39 is 0 Å². The molecule has 0 spiro atoms. The molecule has 6 heteroatoms. The van der Waals surface area contributed by atoms with Crippen LogP contribution in [0.25, 0.3) is 0 Å². The highest BCUT2D eigenvalue weighted by Gasteiger charge is 2.06. The van der Waals surface area contributed by atoms with E-state index in [1.807, 2.05) is 45.0 Å². The van der Waals surface area contributed by atoms with E-state index in [2.05, 4.69) is 21.7 Å². The summed E-state index contributed by atoms with van der Waals surface area (Å²) in [5, 5.41) is 6.59. The predicted octanol–water partition coefficient (Wildman–Crippen LogP) is 3.37. The van der Waals surface area contributed by atoms with Gasteiger partial charge in [0, 0.05) is 13.1 Å². The molecule has 0 saturated carbocycles. The fourth-order valence-corrected chi connectivity index (χ4v) is 2.48. The van der Waals surface area contributed by atoms with E-state index in [0.29, 0.717) is 19.8 Å². The lowest BCUT2D eigenvalue weighted by Crippen LogP contribution is -2.38. The highest BCUT2D eigenvalue weighted by Crippen LogP contribution is 2.28. The Hall–Kier alpha value is -2.63. The van der Waals surface area contributed by atoms with Crippen LogP contribution in [-0.2, 0) is 13.0 Å². The molecule has 142 valence electrons. The number of furan rings is 1. The Labute approximate surface area is 155 Å². The lowest BCUT2D eigenvalue weighted by molar-refractivity contribution is 0.287. The molecule has 0 bridgehead atoms. The summed E-state index contributed by atoms with van der Waals surface area (Å²) in [6.45, 7) is 9.32. The Morgan fingerprint density at radius 2 is 1.85 bits per heavy atom. The quantitative estimate of drug-likeness (QED) is 0.503. The Balaban J connectivity index is 1.91. The summed E-state index contributed by atoms with van der Waals surface area (Å²) < 4.78 is 16.6. The number of hydrogen-bond acceptors (Lipinski definition) is 4. The van der Waals surface area contributed by atoms with Gasteiger partial charge >= 0.3 is 0 Å². The minimum Gasteiger partial charge on any atom is -0.490 e. The lowest BCUT2D eigenvalue weighted by Gasteiger charge is -2.14. The summed E-state index contributed by atoms with van der Waals surface area (Å²) in [5.74, 6) is 3.21. The summed E-state index contributed by atoms with van der Waals surface area (Å²) in [7, 11) is 0. The standard InChI is InChI=1S/C20H29N3O3/c1-4-21-20(23-15-17-8-7-13-26-17)22-12-11-16-9-10-18(24-5-2)19(14-16)25-6-3/h7-10,13-14H,4-6,11-12,15H2,1-3H3,(H2,21,22,23). The molecule has 0 fully saturated rings. The van der Waals surface area contributed by atoms with Crippen molar-refractivity contribution in [3.05, 3.63) is 47.9 Å². The molecule has 2 aromatic rings. The number of guanidine groups is 1. The molecule has 26 heavy (non-hydrogen) atoms. The number of rotatable bonds is 10. The van der Waals surface area contributed by atoms with Gasteiger partial charge in [0.05, 0.1) is 19.5 Å². The van der Waals surface area contributed by atoms with Crippen LogP contribution in [0.4, 0.5) is 0 Å². The highest BCUT2D eigenvalue weighted by atomic mass is 16.5. The molecule has 0 unspecified atom stereocenters. The van der Waals surface area contributed by atoms with Gasteiger partial charge in [-0.1, -0.05) is 6.07 Å². The molecular formula is C20H29N3O3. The first kappa shape index (κ1) is 19.7. The third kappa shape index (κ3) is 6.35. The zero-order valence-electron chi connectivity index (χ0n) is 15.9. The average molecular weight is 359 g/mol. The van der Waals surface area contributed by atoms with E-state index in [4.69, 9.17) is 13.9 Å². The number of aliphatic imine (C=N–C) groups is 1. The van der Waals surface area contributed by atoms with Crippen LogP contribution in [0.5, 0.6) is 11.5 Å². The summed E-state index contributed by atoms with van der Waals surface area (Å²) in [4.78, 5) is 4.53. The van der Waals surface area contributed by atoms with Crippen molar-refractivity contribution < 1.29 is 13.9 Å². The van der Waals surface area contributed by atoms with Crippen LogP contribution in [0.15, 0.2) is 46.0 Å². The fraction of sp³-hybridized carbons (Fsp3) is 0.450. The van der Waals surface area contributed by atoms with E-state index in [1.54, 1.807) is 6.26 Å². The monoisotopic (exact) mass is 359 g/mol. The van der Waals surface area contributed by atoms with E-state index in [1.165, 1.54) is 5.56 Å². The van der Waals surface area contributed by atoms with Gasteiger partial charge < -0.3 is 24.5 Å². The Kier molecular flexibility index (Phi) is 8.39. The van der Waals surface area contributed by atoms with Gasteiger partial charge in [-0.25, -0.2) is 4.99 Å². The van der Waals surface area contributed by atoms with Gasteiger partial charge in [0.1, 0.15) is 12.3 Å². The first-order chi connectivity index (χ1) is 12.8. The maximum atomic E-state index is 5.68. The van der Waals surface area contributed by atoms with E-state index in [0.717, 1.165) is 42.7 Å². The van der Waals surface area contributed by atoms with Crippen LogP contribution in [0.1, 0.15) is 32.1 Å². The third-order valence-corrected chi connectivity index (χ3v) is 3.63. The van der Waals surface area contributed by atoms with E-state index in [-0.39, 0.29) is 0 Å². The van der Waals surface area contributed by atoms with Crippen molar-refractivity contribution in [1.82, 2.24) is 10.6 Å². The molecule has 6 nitrogen and oxygen atoms in total. The molecule has 0 amide bonds. The molecule has 2 N–H and O–H groups in total. The number of ether oxygens (including phenoxy) is 2. The van der Waals surface area contributed by atoms with Gasteiger partial charge in [-0.3, -0.25) is 0 Å². The van der Waals surface area contributed by atoms with Crippen molar-refractivity contribution in [3.8, 4) is 11.5 Å². The van der Waals surface area contributed by atoms with Gasteiger partial charge in [-0.05, 0) is 57.0 Å². The van der Waals surface area contributed by atoms with Gasteiger partial charge in [-0.15, -0.1) is 0 Å². The van der Waals surface area contributed by atoms with Gasteiger partial charge in [0.25, 0.3) is 0 Å². The highest BCUT2D eigenvalue weighted by molar-refractivity contribution is 5.79. The zero-order valence-corrected chi connectivity index (χ0v) is 15.9. The van der Waals surface area contributed by atoms with Gasteiger partial charge in [0.2, 0.25) is 0 Å². The average Bonchev–Trinajstić information content (AvgIpc) is 3.16. The number of benzene rings is 1. The second-order valence-corrected chi connectivity index (χ2v) is 5.60. The van der Waals surface area contributed by atoms with Crippen molar-refractivity contribution in [2.75, 3.05) is 26.3 Å². The molecule has 1 heterocycles. The molecular weight excluding hydrogens is 330 g/mol. The van der Waals surface area contributed by atoms with Crippen LogP contribution >= 0.6 is 0 Å². The van der Waals surface area contributed by atoms with Crippen LogP contribution < -0.4 is 20.1 Å². The van der Waals surface area contributed by atoms with Crippen LogP contribution in [0.3, 0.4) is 0 Å². The Morgan fingerprint density at radius 1 is 1.04 bits per heavy atom. The molecule has 0 aliphatic carbocycles. The van der Waals surface area contributed by atoms with Gasteiger partial charge in [-0.2, -0.15) is 0 Å². The predicted molar refractivity (Wildman–Crippen MR) is 104 cm³/mol. The van der Waals surface area contributed by atoms with Crippen molar-refractivity contribution in [3.63, 3.8) is 0 Å². The van der Waals surface area contributed by atoms with Crippen LogP contribution in [0.2, 0.25) is 0 Å². The Morgan fingerprint density at radius 3 is 2.54 bits per heavy atom. The summed E-state index contributed by atoms with van der Waals surface area (Å²) in [6.07, 6.45) is 2.52. The molecule has 2 rings (SSSR count). The molecule has 0 saturated heterocycles. The van der Waals surface area contributed by atoms with E-state index >= 15 is 0 Å². The second-order valence-electron chi connectivity index (χ2n) is 5.60. The fourth-order valence-electron chi connectivity index (χ4n) is 2.48. The topological polar surface area (TPSA) is 68.0 Å². The lowest BCUT2D eigenvalue weighted by atomic mass is 10.1. The number of nitrogens with one attached hydrogen (secondary N) is 2. The summed E-state index contributed by atoms with van der Waals surface area (Å²) in [6, 6.07) is 9.88. The minimum absolute atomic E-state index is 0.514. The van der Waals surface area contributed by atoms with Crippen molar-refractivity contribution in [1.29, 1.82) is 0 Å². The maximum Gasteiger partial charge on any atom is 0.191 e. The van der Waals surface area contributed by atoms with Crippen molar-refractivity contribution in [2.45, 2.75) is 33.7 Å². The normalized spacial score (nSPS) is 11.3. The summed E-state index contributed by atoms with van der Waals surface area (Å²) >= 11 is 0. The maximum absolute atomic E-state index is 5.68. The molecule has 0 aliphatic heterocycles. The van der Waals surface area contributed by atoms with Crippen molar-refractivity contribution >= 4 is 5.96 Å². The molecule has 1 aromatic carbocycles.